The monoisotopic (exact) mass is 410 g/mol. The van der Waals surface area contributed by atoms with E-state index in [9.17, 15) is 0 Å². The summed E-state index contributed by atoms with van der Waals surface area (Å²) in [6.45, 7) is 0. The second kappa shape index (κ2) is 7.67. The maximum Gasteiger partial charge on any atom is 0.164 e. The van der Waals surface area contributed by atoms with Crippen LogP contribution in [0.15, 0.2) is 109 Å². The number of aromatic nitrogens is 4. The van der Waals surface area contributed by atoms with E-state index in [1.807, 2.05) is 79.0 Å². The predicted octanol–water partition coefficient (Wildman–Crippen LogP) is 6.57. The van der Waals surface area contributed by atoms with Crippen LogP contribution in [-0.2, 0) is 0 Å². The van der Waals surface area contributed by atoms with Crippen LogP contribution in [0.4, 0.5) is 0 Å². The lowest BCUT2D eigenvalue weighted by Crippen LogP contribution is -2.00. The van der Waals surface area contributed by atoms with Crippen molar-refractivity contribution in [3.63, 3.8) is 0 Å². The Morgan fingerprint density at radius 3 is 1.78 bits per heavy atom. The van der Waals surface area contributed by atoms with E-state index in [0.29, 0.717) is 17.5 Å². The zero-order valence-corrected chi connectivity index (χ0v) is 17.2. The number of benzene rings is 4. The van der Waals surface area contributed by atoms with Crippen molar-refractivity contribution in [3.8, 4) is 34.2 Å². The van der Waals surface area contributed by atoms with E-state index in [2.05, 4.69) is 35.3 Å². The fourth-order valence-electron chi connectivity index (χ4n) is 4.03. The van der Waals surface area contributed by atoms with Crippen LogP contribution in [0.2, 0.25) is 0 Å². The van der Waals surface area contributed by atoms with Gasteiger partial charge in [-0.2, -0.15) is 0 Å². The second-order valence-corrected chi connectivity index (χ2v) is 7.58. The van der Waals surface area contributed by atoms with Gasteiger partial charge in [0.2, 0.25) is 0 Å². The van der Waals surface area contributed by atoms with E-state index in [1.165, 1.54) is 0 Å². The summed E-state index contributed by atoms with van der Waals surface area (Å²) in [4.78, 5) is 19.2. The highest BCUT2D eigenvalue weighted by Crippen LogP contribution is 2.32. The van der Waals surface area contributed by atoms with Crippen LogP contribution < -0.4 is 0 Å². The molecule has 0 aliphatic carbocycles. The molecule has 4 heteroatoms. The molecule has 32 heavy (non-hydrogen) atoms. The number of fused-ring (bicyclic) bond motifs is 3. The lowest BCUT2D eigenvalue weighted by Gasteiger charge is -2.11. The Morgan fingerprint density at radius 2 is 1.09 bits per heavy atom. The van der Waals surface area contributed by atoms with E-state index >= 15 is 0 Å². The molecule has 0 amide bonds. The molecule has 0 unspecified atom stereocenters. The number of rotatable bonds is 3. The molecule has 0 N–H and O–H groups in total. The first-order chi connectivity index (χ1) is 15.9. The molecule has 0 saturated carbocycles. The Bertz CT molecular complexity index is 1500. The Kier molecular flexibility index (Phi) is 4.40. The molecular formula is C28H18N4. The average Bonchev–Trinajstić information content (AvgIpc) is 2.89. The molecule has 6 aromatic rings. The number of hydrogen-bond donors (Lipinski definition) is 0. The first-order valence-electron chi connectivity index (χ1n) is 10.5. The van der Waals surface area contributed by atoms with Gasteiger partial charge in [-0.15, -0.1) is 0 Å². The summed E-state index contributed by atoms with van der Waals surface area (Å²) < 4.78 is 0. The molecule has 0 radical (unpaired) electrons. The van der Waals surface area contributed by atoms with Crippen molar-refractivity contribution in [2.45, 2.75) is 0 Å². The highest BCUT2D eigenvalue weighted by Gasteiger charge is 2.14. The molecule has 4 aromatic carbocycles. The Hall–Kier alpha value is -4.44. The minimum absolute atomic E-state index is 0.651. The first-order valence-corrected chi connectivity index (χ1v) is 10.5. The maximum atomic E-state index is 4.89. The van der Waals surface area contributed by atoms with Gasteiger partial charge in [0.25, 0.3) is 0 Å². The normalized spacial score (nSPS) is 11.1. The summed E-state index contributed by atoms with van der Waals surface area (Å²) in [7, 11) is 0. The summed E-state index contributed by atoms with van der Waals surface area (Å²) >= 11 is 0. The van der Waals surface area contributed by atoms with Gasteiger partial charge in [0.15, 0.2) is 17.5 Å². The summed E-state index contributed by atoms with van der Waals surface area (Å²) in [5.74, 6) is 1.97. The van der Waals surface area contributed by atoms with Gasteiger partial charge in [-0.05, 0) is 11.5 Å². The van der Waals surface area contributed by atoms with E-state index in [4.69, 9.17) is 15.0 Å². The summed E-state index contributed by atoms with van der Waals surface area (Å²) in [5.41, 5.74) is 3.86. The Labute approximate surface area is 185 Å². The molecule has 0 saturated heterocycles. The van der Waals surface area contributed by atoms with Gasteiger partial charge in [-0.25, -0.2) is 15.0 Å². The zero-order valence-electron chi connectivity index (χ0n) is 17.2. The standard InChI is InChI=1S/C28H18N4/c1-3-9-20(10-4-1)26-30-27(21-11-5-2-6-12-21)32-28(31-26)24-15-7-14-23-22(24)17-16-19-13-8-18-29-25(19)23/h1-18H. The number of nitrogens with zero attached hydrogens (tertiary/aromatic N) is 4. The highest BCUT2D eigenvalue weighted by atomic mass is 15.0. The van der Waals surface area contributed by atoms with Crippen LogP contribution in [0.5, 0.6) is 0 Å². The van der Waals surface area contributed by atoms with Crippen molar-refractivity contribution in [2.24, 2.45) is 0 Å². The van der Waals surface area contributed by atoms with Crippen molar-refractivity contribution in [2.75, 3.05) is 0 Å². The SMILES string of the molecule is c1ccc(-c2nc(-c3ccccc3)nc(-c3cccc4c3ccc3cccnc34)n2)cc1. The average molecular weight is 410 g/mol. The smallest absolute Gasteiger partial charge is 0.164 e. The maximum absolute atomic E-state index is 4.89. The Balaban J connectivity index is 1.63. The predicted molar refractivity (Wildman–Crippen MR) is 129 cm³/mol. The summed E-state index contributed by atoms with van der Waals surface area (Å²) in [5, 5.41) is 3.27. The van der Waals surface area contributed by atoms with Crippen LogP contribution >= 0.6 is 0 Å². The minimum Gasteiger partial charge on any atom is -0.256 e. The van der Waals surface area contributed by atoms with Gasteiger partial charge in [-0.3, -0.25) is 4.98 Å². The molecular weight excluding hydrogens is 392 g/mol. The fraction of sp³-hybridized carbons (Fsp3) is 0. The molecule has 150 valence electrons. The van der Waals surface area contributed by atoms with Crippen LogP contribution in [0, 0.1) is 0 Å². The lowest BCUT2D eigenvalue weighted by molar-refractivity contribution is 1.08. The molecule has 0 atom stereocenters. The van der Waals surface area contributed by atoms with Crippen LogP contribution in [0.25, 0.3) is 55.8 Å². The van der Waals surface area contributed by atoms with Crippen molar-refractivity contribution in [3.05, 3.63) is 109 Å². The minimum atomic E-state index is 0.651. The van der Waals surface area contributed by atoms with Crippen LogP contribution in [-0.4, -0.2) is 19.9 Å². The first kappa shape index (κ1) is 18.3. The fourth-order valence-corrected chi connectivity index (χ4v) is 4.03. The topological polar surface area (TPSA) is 51.6 Å². The Morgan fingerprint density at radius 1 is 0.438 bits per heavy atom. The summed E-state index contributed by atoms with van der Waals surface area (Å²) in [6, 6.07) is 34.5. The van der Waals surface area contributed by atoms with Crippen molar-refractivity contribution >= 4 is 21.7 Å². The van der Waals surface area contributed by atoms with Gasteiger partial charge in [0.05, 0.1) is 5.52 Å². The molecule has 0 aliphatic rings. The van der Waals surface area contributed by atoms with Crippen molar-refractivity contribution < 1.29 is 0 Å². The summed E-state index contributed by atoms with van der Waals surface area (Å²) in [6.07, 6.45) is 1.83. The van der Waals surface area contributed by atoms with Gasteiger partial charge >= 0.3 is 0 Å². The molecule has 0 bridgehead atoms. The highest BCUT2D eigenvalue weighted by molar-refractivity contribution is 6.09. The van der Waals surface area contributed by atoms with E-state index < -0.39 is 0 Å². The number of pyridine rings is 1. The third kappa shape index (κ3) is 3.19. The van der Waals surface area contributed by atoms with E-state index in [0.717, 1.165) is 38.4 Å². The van der Waals surface area contributed by atoms with Gasteiger partial charge < -0.3 is 0 Å². The van der Waals surface area contributed by atoms with Crippen LogP contribution in [0.3, 0.4) is 0 Å². The molecule has 2 heterocycles. The lowest BCUT2D eigenvalue weighted by atomic mass is 10.0. The zero-order chi connectivity index (χ0) is 21.3. The molecule has 4 nitrogen and oxygen atoms in total. The quantitative estimate of drug-likeness (QED) is 0.310. The third-order valence-electron chi connectivity index (χ3n) is 5.57. The molecule has 0 fully saturated rings. The van der Waals surface area contributed by atoms with Gasteiger partial charge in [-0.1, -0.05) is 97.1 Å². The molecule has 2 aromatic heterocycles. The third-order valence-corrected chi connectivity index (χ3v) is 5.57. The van der Waals surface area contributed by atoms with Gasteiger partial charge in [0.1, 0.15) is 0 Å². The number of hydrogen-bond acceptors (Lipinski definition) is 4. The van der Waals surface area contributed by atoms with Crippen molar-refractivity contribution in [1.82, 2.24) is 19.9 Å². The molecule has 0 aliphatic heterocycles. The van der Waals surface area contributed by atoms with Crippen LogP contribution in [0.1, 0.15) is 0 Å². The second-order valence-electron chi connectivity index (χ2n) is 7.58. The van der Waals surface area contributed by atoms with Crippen molar-refractivity contribution in [1.29, 1.82) is 0 Å². The van der Waals surface area contributed by atoms with E-state index in [-0.39, 0.29) is 0 Å². The molecule has 6 rings (SSSR count). The molecule has 0 spiro atoms. The van der Waals surface area contributed by atoms with Gasteiger partial charge in [0, 0.05) is 33.7 Å². The van der Waals surface area contributed by atoms with E-state index in [1.54, 1.807) is 0 Å². The largest absolute Gasteiger partial charge is 0.256 e.